The number of ether oxygens (including phenoxy) is 1. The Morgan fingerprint density at radius 3 is 2.38 bits per heavy atom. The summed E-state index contributed by atoms with van der Waals surface area (Å²) in [7, 11) is 1.69. The molecular formula is C31H39N5O2S. The molecule has 7 nitrogen and oxygen atoms in total. The lowest BCUT2D eigenvalue weighted by Gasteiger charge is -2.37. The number of nitrogens with one attached hydrogen (secondary N) is 1. The number of hydrogen-bond donors (Lipinski definition) is 1. The largest absolute Gasteiger partial charge is 0.497 e. The Morgan fingerprint density at radius 1 is 1.00 bits per heavy atom. The topological polar surface area (TPSA) is 70.6 Å². The summed E-state index contributed by atoms with van der Waals surface area (Å²) in [6, 6.07) is 18.3. The average Bonchev–Trinajstić information content (AvgIpc) is 3.79. The quantitative estimate of drug-likeness (QED) is 0.280. The zero-order valence-corrected chi connectivity index (χ0v) is 24.3. The second kappa shape index (κ2) is 11.9. The number of benzene rings is 2. The van der Waals surface area contributed by atoms with Gasteiger partial charge in [0.1, 0.15) is 11.6 Å². The Labute approximate surface area is 236 Å². The Balaban J connectivity index is 1.26. The number of carbonyl (C=O) groups is 1. The Hall–Kier alpha value is -3.26. The average molecular weight is 546 g/mol. The smallest absolute Gasteiger partial charge is 0.251 e. The number of anilines is 2. The van der Waals surface area contributed by atoms with Crippen LogP contribution in [0.4, 0.5) is 11.5 Å². The fourth-order valence-electron chi connectivity index (χ4n) is 4.62. The first-order valence-corrected chi connectivity index (χ1v) is 14.8. The molecule has 1 aliphatic carbocycles. The van der Waals surface area contributed by atoms with Gasteiger partial charge in [-0.25, -0.2) is 9.97 Å². The highest BCUT2D eigenvalue weighted by Gasteiger charge is 2.24. The Bertz CT molecular complexity index is 1280. The van der Waals surface area contributed by atoms with E-state index in [1.165, 1.54) is 18.5 Å². The summed E-state index contributed by atoms with van der Waals surface area (Å²) < 4.78 is 5.30. The second-order valence-electron chi connectivity index (χ2n) is 11.5. The van der Waals surface area contributed by atoms with Crippen LogP contribution in [-0.2, 0) is 11.2 Å². The molecule has 0 atom stereocenters. The molecule has 2 heterocycles. The van der Waals surface area contributed by atoms with Gasteiger partial charge in [-0.1, -0.05) is 44.7 Å². The standard InChI is InChI=1S/C31H39N5O2S/c1-31(2,3)27-19-28(36-16-14-35(15-17-36)25-10-12-26(38-4)13-11-25)34-30(33-27)39-21-23-6-5-7-24(18-23)29(37)32-20-22-8-9-22/h5-7,10-13,18-19,22H,8-9,14-17,20-21H2,1-4H3,(H,32,37). The zero-order valence-electron chi connectivity index (χ0n) is 23.4. The lowest BCUT2D eigenvalue weighted by atomic mass is 9.92. The van der Waals surface area contributed by atoms with Gasteiger partial charge >= 0.3 is 0 Å². The van der Waals surface area contributed by atoms with Gasteiger partial charge in [0.15, 0.2) is 5.16 Å². The molecule has 1 saturated heterocycles. The van der Waals surface area contributed by atoms with E-state index >= 15 is 0 Å². The van der Waals surface area contributed by atoms with Gasteiger partial charge < -0.3 is 19.9 Å². The summed E-state index contributed by atoms with van der Waals surface area (Å²) in [5, 5.41) is 3.84. The van der Waals surface area contributed by atoms with Crippen LogP contribution >= 0.6 is 11.8 Å². The lowest BCUT2D eigenvalue weighted by Crippen LogP contribution is -2.47. The third-order valence-corrected chi connectivity index (χ3v) is 8.23. The molecule has 206 valence electrons. The highest BCUT2D eigenvalue weighted by atomic mass is 32.2. The number of aromatic nitrogens is 2. The van der Waals surface area contributed by atoms with Crippen molar-refractivity contribution in [1.82, 2.24) is 15.3 Å². The summed E-state index contributed by atoms with van der Waals surface area (Å²) >= 11 is 1.63. The van der Waals surface area contributed by atoms with Crippen LogP contribution in [0, 0.1) is 5.92 Å². The molecule has 39 heavy (non-hydrogen) atoms. The van der Waals surface area contributed by atoms with Gasteiger partial charge in [0, 0.05) is 61.2 Å². The fraction of sp³-hybridized carbons (Fsp3) is 0.452. The highest BCUT2D eigenvalue weighted by Crippen LogP contribution is 2.30. The van der Waals surface area contributed by atoms with Crippen molar-refractivity contribution < 1.29 is 9.53 Å². The van der Waals surface area contributed by atoms with Crippen molar-refractivity contribution in [1.29, 1.82) is 0 Å². The molecule has 2 aromatic carbocycles. The van der Waals surface area contributed by atoms with Crippen LogP contribution in [-0.4, -0.2) is 55.7 Å². The van der Waals surface area contributed by atoms with Gasteiger partial charge in [-0.15, -0.1) is 0 Å². The molecular weight excluding hydrogens is 506 g/mol. The minimum Gasteiger partial charge on any atom is -0.497 e. The number of carbonyl (C=O) groups excluding carboxylic acids is 1. The summed E-state index contributed by atoms with van der Waals surface area (Å²) in [4.78, 5) is 27.3. The third kappa shape index (κ3) is 7.24. The number of thioether (sulfide) groups is 1. The first-order valence-electron chi connectivity index (χ1n) is 13.8. The lowest BCUT2D eigenvalue weighted by molar-refractivity contribution is 0.0951. The Morgan fingerprint density at radius 2 is 1.72 bits per heavy atom. The van der Waals surface area contributed by atoms with Crippen LogP contribution in [0.3, 0.4) is 0 Å². The van der Waals surface area contributed by atoms with Gasteiger partial charge in [0.05, 0.1) is 12.8 Å². The predicted octanol–water partition coefficient (Wildman–Crippen LogP) is 5.54. The number of methoxy groups -OCH3 is 1. The fourth-order valence-corrected chi connectivity index (χ4v) is 5.42. The van der Waals surface area contributed by atoms with E-state index in [-0.39, 0.29) is 11.3 Å². The van der Waals surface area contributed by atoms with Gasteiger partial charge in [0.25, 0.3) is 5.91 Å². The van der Waals surface area contributed by atoms with Crippen LogP contribution in [0.1, 0.15) is 55.2 Å². The van der Waals surface area contributed by atoms with E-state index in [0.29, 0.717) is 17.2 Å². The molecule has 1 aliphatic heterocycles. The second-order valence-corrected chi connectivity index (χ2v) is 12.4. The van der Waals surface area contributed by atoms with E-state index in [0.717, 1.165) is 60.7 Å². The Kier molecular flexibility index (Phi) is 8.31. The van der Waals surface area contributed by atoms with Crippen molar-refractivity contribution in [2.75, 3.05) is 49.6 Å². The van der Waals surface area contributed by atoms with E-state index in [4.69, 9.17) is 14.7 Å². The molecule has 8 heteroatoms. The molecule has 0 spiro atoms. The van der Waals surface area contributed by atoms with Crippen molar-refractivity contribution >= 4 is 29.2 Å². The van der Waals surface area contributed by atoms with Crippen LogP contribution in [0.2, 0.25) is 0 Å². The van der Waals surface area contributed by atoms with Gasteiger partial charge in [-0.3, -0.25) is 4.79 Å². The van der Waals surface area contributed by atoms with Crippen LogP contribution in [0.25, 0.3) is 0 Å². The maximum absolute atomic E-state index is 12.6. The SMILES string of the molecule is COc1ccc(N2CCN(c3cc(C(C)(C)C)nc(SCc4cccc(C(=O)NCC5CC5)c4)n3)CC2)cc1. The maximum atomic E-state index is 12.6. The van der Waals surface area contributed by atoms with E-state index in [1.807, 2.05) is 30.3 Å². The van der Waals surface area contributed by atoms with Crippen molar-refractivity contribution in [2.24, 2.45) is 5.92 Å². The molecule has 3 aromatic rings. The number of nitrogens with zero attached hydrogens (tertiary/aromatic N) is 4. The third-order valence-electron chi connectivity index (χ3n) is 7.31. The molecule has 5 rings (SSSR count). The number of hydrogen-bond acceptors (Lipinski definition) is 7. The minimum absolute atomic E-state index is 0.01000. The summed E-state index contributed by atoms with van der Waals surface area (Å²) in [5.41, 5.74) is 3.98. The molecule has 2 fully saturated rings. The van der Waals surface area contributed by atoms with Gasteiger partial charge in [-0.05, 0) is 60.7 Å². The molecule has 1 saturated carbocycles. The first-order chi connectivity index (χ1) is 18.8. The van der Waals surface area contributed by atoms with Crippen LogP contribution < -0.4 is 19.9 Å². The van der Waals surface area contributed by atoms with Crippen molar-refractivity contribution in [2.45, 2.75) is 49.9 Å². The molecule has 0 radical (unpaired) electrons. The van der Waals surface area contributed by atoms with Crippen LogP contribution in [0.15, 0.2) is 59.8 Å². The van der Waals surface area contributed by atoms with E-state index in [1.54, 1.807) is 18.9 Å². The number of amides is 1. The van der Waals surface area contributed by atoms with Crippen molar-refractivity contribution in [3.05, 3.63) is 71.4 Å². The van der Waals surface area contributed by atoms with Gasteiger partial charge in [0.2, 0.25) is 0 Å². The van der Waals surface area contributed by atoms with Gasteiger partial charge in [-0.2, -0.15) is 0 Å². The van der Waals surface area contributed by atoms with Crippen molar-refractivity contribution in [3.8, 4) is 5.75 Å². The highest BCUT2D eigenvalue weighted by molar-refractivity contribution is 7.98. The summed E-state index contributed by atoms with van der Waals surface area (Å²) in [5.74, 6) is 3.25. The zero-order chi connectivity index (χ0) is 27.4. The van der Waals surface area contributed by atoms with E-state index in [2.05, 4.69) is 60.2 Å². The molecule has 0 bridgehead atoms. The maximum Gasteiger partial charge on any atom is 0.251 e. The molecule has 1 aromatic heterocycles. The molecule has 2 aliphatic rings. The predicted molar refractivity (Wildman–Crippen MR) is 159 cm³/mol. The normalized spacial score (nSPS) is 15.8. The van der Waals surface area contributed by atoms with E-state index in [9.17, 15) is 4.79 Å². The number of rotatable bonds is 9. The molecule has 0 unspecified atom stereocenters. The van der Waals surface area contributed by atoms with E-state index < -0.39 is 0 Å². The first kappa shape index (κ1) is 27.3. The minimum atomic E-state index is -0.0858. The summed E-state index contributed by atoms with van der Waals surface area (Å²) in [6.07, 6.45) is 2.45. The monoisotopic (exact) mass is 545 g/mol. The molecule has 1 amide bonds. The van der Waals surface area contributed by atoms with Crippen LogP contribution in [0.5, 0.6) is 5.75 Å². The summed E-state index contributed by atoms with van der Waals surface area (Å²) in [6.45, 7) is 11.0. The van der Waals surface area contributed by atoms with Crippen molar-refractivity contribution in [3.63, 3.8) is 0 Å². The molecule has 1 N–H and O–H groups in total. The number of piperazine rings is 1.